The summed E-state index contributed by atoms with van der Waals surface area (Å²) in [5, 5.41) is 9.75. The van der Waals surface area contributed by atoms with Crippen LogP contribution in [0.5, 0.6) is 0 Å². The lowest BCUT2D eigenvalue weighted by Gasteiger charge is -2.28. The lowest BCUT2D eigenvalue weighted by molar-refractivity contribution is -0.0773. The van der Waals surface area contributed by atoms with Gasteiger partial charge in [0.2, 0.25) is 0 Å². The number of thioether (sulfide) groups is 1. The molecule has 0 spiro atoms. The summed E-state index contributed by atoms with van der Waals surface area (Å²) in [7, 11) is 3.25. The third kappa shape index (κ3) is 1.49. The first-order chi connectivity index (χ1) is 6.27. The highest BCUT2D eigenvalue weighted by Gasteiger charge is 2.51. The number of ether oxygens (including phenoxy) is 3. The molecule has 2 aliphatic rings. The summed E-state index contributed by atoms with van der Waals surface area (Å²) in [5.74, 6) is 0.864. The fourth-order valence-corrected chi connectivity index (χ4v) is 3.12. The zero-order valence-corrected chi connectivity index (χ0v) is 8.49. The van der Waals surface area contributed by atoms with Crippen molar-refractivity contribution in [1.29, 1.82) is 0 Å². The van der Waals surface area contributed by atoms with Gasteiger partial charge in [0.05, 0.1) is 6.10 Å². The highest BCUT2D eigenvalue weighted by molar-refractivity contribution is 7.99. The molecule has 1 N–H and O–H groups in total. The number of fused-ring (bicyclic) bond motifs is 2. The van der Waals surface area contributed by atoms with Gasteiger partial charge in [0.25, 0.3) is 0 Å². The predicted molar refractivity (Wildman–Crippen MR) is 48.7 cm³/mol. The normalized spacial score (nSPS) is 49.6. The number of aliphatic hydroxyl groups is 1. The monoisotopic (exact) mass is 206 g/mol. The second-order valence-electron chi connectivity index (χ2n) is 3.27. The van der Waals surface area contributed by atoms with E-state index in [4.69, 9.17) is 14.2 Å². The molecular weight excluding hydrogens is 192 g/mol. The highest BCUT2D eigenvalue weighted by Crippen LogP contribution is 2.38. The molecule has 13 heavy (non-hydrogen) atoms. The molecule has 0 radical (unpaired) electrons. The summed E-state index contributed by atoms with van der Waals surface area (Å²) < 4.78 is 16.0. The second-order valence-corrected chi connectivity index (χ2v) is 4.40. The number of hydrogen-bond acceptors (Lipinski definition) is 5. The molecular formula is C8H14O4S. The van der Waals surface area contributed by atoms with Gasteiger partial charge in [0.15, 0.2) is 0 Å². The third-order valence-corrected chi connectivity index (χ3v) is 3.84. The average Bonchev–Trinajstić information content (AvgIpc) is 2.41. The van der Waals surface area contributed by atoms with Gasteiger partial charge >= 0.3 is 0 Å². The summed E-state index contributed by atoms with van der Waals surface area (Å²) in [6, 6.07) is 0. The first kappa shape index (κ1) is 9.73. The Morgan fingerprint density at radius 3 is 2.77 bits per heavy atom. The summed E-state index contributed by atoms with van der Waals surface area (Å²) >= 11 is 1.59. The van der Waals surface area contributed by atoms with Crippen molar-refractivity contribution in [2.24, 2.45) is 0 Å². The third-order valence-electron chi connectivity index (χ3n) is 2.60. The molecule has 2 fully saturated rings. The maximum Gasteiger partial charge on any atom is 0.132 e. The Bertz CT molecular complexity index is 189. The van der Waals surface area contributed by atoms with E-state index in [0.29, 0.717) is 0 Å². The van der Waals surface area contributed by atoms with Gasteiger partial charge in [-0.3, -0.25) is 0 Å². The minimum Gasteiger partial charge on any atom is -0.387 e. The lowest BCUT2D eigenvalue weighted by Crippen LogP contribution is -2.41. The van der Waals surface area contributed by atoms with Crippen molar-refractivity contribution < 1.29 is 19.3 Å². The molecule has 0 saturated carbocycles. The minimum absolute atomic E-state index is 0.0309. The first-order valence-corrected chi connectivity index (χ1v) is 5.33. The van der Waals surface area contributed by atoms with Gasteiger partial charge in [-0.2, -0.15) is 0 Å². The molecule has 2 saturated heterocycles. The van der Waals surface area contributed by atoms with E-state index in [2.05, 4.69) is 0 Å². The molecule has 5 atom stereocenters. The van der Waals surface area contributed by atoms with Gasteiger partial charge in [0, 0.05) is 20.0 Å². The van der Waals surface area contributed by atoms with Crippen molar-refractivity contribution in [2.45, 2.75) is 29.9 Å². The van der Waals surface area contributed by atoms with Crippen molar-refractivity contribution >= 4 is 11.8 Å². The van der Waals surface area contributed by atoms with E-state index in [-0.39, 0.29) is 23.7 Å². The van der Waals surface area contributed by atoms with Crippen LogP contribution in [0.15, 0.2) is 0 Å². The Hall–Kier alpha value is 0.190. The van der Waals surface area contributed by atoms with Crippen LogP contribution >= 0.6 is 11.8 Å². The van der Waals surface area contributed by atoms with E-state index in [0.717, 1.165) is 5.75 Å². The zero-order chi connectivity index (χ0) is 9.42. The van der Waals surface area contributed by atoms with E-state index >= 15 is 0 Å². The first-order valence-electron chi connectivity index (χ1n) is 4.28. The Balaban J connectivity index is 2.12. The predicted octanol–water partition coefficient (Wildman–Crippen LogP) is -0.151. The molecule has 0 aromatic carbocycles. The smallest absolute Gasteiger partial charge is 0.132 e. The molecule has 2 bridgehead atoms. The lowest BCUT2D eigenvalue weighted by atomic mass is 10.1. The van der Waals surface area contributed by atoms with E-state index < -0.39 is 6.10 Å². The summed E-state index contributed by atoms with van der Waals surface area (Å²) in [6.07, 6.45) is -0.857. The summed E-state index contributed by atoms with van der Waals surface area (Å²) in [4.78, 5) is 0. The zero-order valence-electron chi connectivity index (χ0n) is 7.67. The minimum atomic E-state index is -0.528. The molecule has 4 nitrogen and oxygen atoms in total. The van der Waals surface area contributed by atoms with Crippen LogP contribution in [0.4, 0.5) is 0 Å². The number of hydrogen-bond donors (Lipinski definition) is 1. The van der Waals surface area contributed by atoms with Gasteiger partial charge in [-0.25, -0.2) is 0 Å². The summed E-state index contributed by atoms with van der Waals surface area (Å²) in [5.41, 5.74) is -0.138. The van der Waals surface area contributed by atoms with Crippen LogP contribution in [0.25, 0.3) is 0 Å². The molecule has 2 rings (SSSR count). The van der Waals surface area contributed by atoms with Gasteiger partial charge in [0.1, 0.15) is 23.7 Å². The fourth-order valence-electron chi connectivity index (χ4n) is 1.86. The number of methoxy groups -OCH3 is 2. The van der Waals surface area contributed by atoms with E-state index in [1.165, 1.54) is 0 Å². The van der Waals surface area contributed by atoms with Crippen LogP contribution < -0.4 is 0 Å². The Kier molecular flexibility index (Phi) is 2.80. The van der Waals surface area contributed by atoms with Crippen molar-refractivity contribution in [3.05, 3.63) is 0 Å². The molecule has 0 aromatic rings. The van der Waals surface area contributed by atoms with Crippen LogP contribution in [-0.4, -0.2) is 54.9 Å². The standard InChI is InChI=1S/C8H14O4S/c1-10-4-3-13-8-5(9)7(11-2)6(4)12-8/h4-9H,3H2,1-2H3/t4-,5-,6-,7-,8-/m1/s1. The Labute approximate surface area is 81.5 Å². The van der Waals surface area contributed by atoms with Gasteiger partial charge < -0.3 is 19.3 Å². The van der Waals surface area contributed by atoms with Crippen molar-refractivity contribution in [3.8, 4) is 0 Å². The maximum absolute atomic E-state index is 9.75. The molecule has 0 aromatic heterocycles. The molecule has 2 heterocycles. The van der Waals surface area contributed by atoms with Gasteiger partial charge in [-0.05, 0) is 0 Å². The average molecular weight is 206 g/mol. The molecule has 76 valence electrons. The van der Waals surface area contributed by atoms with E-state index in [9.17, 15) is 5.11 Å². The summed E-state index contributed by atoms with van der Waals surface area (Å²) in [6.45, 7) is 0. The van der Waals surface area contributed by atoms with Crippen molar-refractivity contribution in [3.63, 3.8) is 0 Å². The van der Waals surface area contributed by atoms with Crippen LogP contribution in [0, 0.1) is 0 Å². The van der Waals surface area contributed by atoms with Crippen LogP contribution in [-0.2, 0) is 14.2 Å². The van der Waals surface area contributed by atoms with Crippen molar-refractivity contribution in [1.82, 2.24) is 0 Å². The molecule has 0 unspecified atom stereocenters. The highest BCUT2D eigenvalue weighted by atomic mass is 32.2. The van der Waals surface area contributed by atoms with Crippen molar-refractivity contribution in [2.75, 3.05) is 20.0 Å². The quantitative estimate of drug-likeness (QED) is 0.681. The SMILES string of the molecule is CO[C@@H]1[C@@H](O)[C@@H]2O[C@@H]1[C@H](OC)CS2. The molecule has 0 amide bonds. The molecule has 2 aliphatic heterocycles. The Morgan fingerprint density at radius 2 is 2.15 bits per heavy atom. The Morgan fingerprint density at radius 1 is 1.38 bits per heavy atom. The molecule has 0 aliphatic carbocycles. The van der Waals surface area contributed by atoms with E-state index in [1.807, 2.05) is 0 Å². The number of aliphatic hydroxyl groups excluding tert-OH is 1. The van der Waals surface area contributed by atoms with Crippen LogP contribution in [0.1, 0.15) is 0 Å². The topological polar surface area (TPSA) is 47.9 Å². The van der Waals surface area contributed by atoms with Gasteiger partial charge in [-0.1, -0.05) is 0 Å². The largest absolute Gasteiger partial charge is 0.387 e. The number of rotatable bonds is 2. The molecule has 5 heteroatoms. The van der Waals surface area contributed by atoms with E-state index in [1.54, 1.807) is 26.0 Å². The van der Waals surface area contributed by atoms with Gasteiger partial charge in [-0.15, -0.1) is 11.8 Å². The second kappa shape index (κ2) is 3.74. The maximum atomic E-state index is 9.75. The van der Waals surface area contributed by atoms with Crippen LogP contribution in [0.2, 0.25) is 0 Å². The van der Waals surface area contributed by atoms with Crippen LogP contribution in [0.3, 0.4) is 0 Å². The fraction of sp³-hybridized carbons (Fsp3) is 1.00.